The maximum atomic E-state index is 12.8. The molecular formula is C23H30N2O2. The van der Waals surface area contributed by atoms with E-state index in [9.17, 15) is 9.59 Å². The highest BCUT2D eigenvalue weighted by Gasteiger charge is 2.19. The molecule has 0 aromatic heterocycles. The molecule has 0 atom stereocenters. The van der Waals surface area contributed by atoms with Crippen LogP contribution in [0.5, 0.6) is 0 Å². The zero-order chi connectivity index (χ0) is 19.8. The van der Waals surface area contributed by atoms with E-state index in [4.69, 9.17) is 0 Å². The Balaban J connectivity index is 1.99. The van der Waals surface area contributed by atoms with Crippen LogP contribution in [0.25, 0.3) is 0 Å². The molecular weight excluding hydrogens is 336 g/mol. The van der Waals surface area contributed by atoms with Crippen molar-refractivity contribution in [1.82, 2.24) is 9.80 Å². The number of carbonyl (C=O) groups is 2. The Morgan fingerprint density at radius 3 is 2.19 bits per heavy atom. The van der Waals surface area contributed by atoms with Crippen molar-refractivity contribution in [3.05, 3.63) is 71.3 Å². The molecule has 2 aromatic carbocycles. The molecule has 0 saturated heterocycles. The third-order valence-corrected chi connectivity index (χ3v) is 4.64. The molecule has 0 heterocycles. The van der Waals surface area contributed by atoms with Gasteiger partial charge in [-0.3, -0.25) is 9.59 Å². The normalized spacial score (nSPS) is 10.7. The first kappa shape index (κ1) is 20.7. The summed E-state index contributed by atoms with van der Waals surface area (Å²) in [7, 11) is 0. The summed E-state index contributed by atoms with van der Waals surface area (Å²) in [6.45, 7) is 9.20. The number of amides is 2. The molecule has 144 valence electrons. The number of nitrogens with zero attached hydrogens (tertiary/aromatic N) is 2. The molecule has 0 N–H and O–H groups in total. The van der Waals surface area contributed by atoms with Crippen LogP contribution in [0.4, 0.5) is 0 Å². The van der Waals surface area contributed by atoms with Gasteiger partial charge in [0.25, 0.3) is 0 Å². The monoisotopic (exact) mass is 366 g/mol. The van der Waals surface area contributed by atoms with Crippen LogP contribution in [0.2, 0.25) is 0 Å². The lowest BCUT2D eigenvalue weighted by Crippen LogP contribution is -2.39. The molecule has 0 radical (unpaired) electrons. The average Bonchev–Trinajstić information content (AvgIpc) is 2.63. The highest BCUT2D eigenvalue weighted by molar-refractivity contribution is 5.78. The average molecular weight is 367 g/mol. The minimum atomic E-state index is -0.0107. The number of hydrogen-bond acceptors (Lipinski definition) is 2. The van der Waals surface area contributed by atoms with E-state index in [1.165, 1.54) is 5.56 Å². The maximum Gasteiger partial charge on any atom is 0.224 e. The van der Waals surface area contributed by atoms with Crippen LogP contribution in [-0.2, 0) is 22.7 Å². The van der Waals surface area contributed by atoms with Crippen LogP contribution in [0.15, 0.2) is 54.6 Å². The molecule has 0 aliphatic heterocycles. The second-order valence-corrected chi connectivity index (χ2v) is 7.28. The molecule has 2 amide bonds. The Labute approximate surface area is 162 Å². The van der Waals surface area contributed by atoms with Crippen LogP contribution in [0.3, 0.4) is 0 Å². The quantitative estimate of drug-likeness (QED) is 0.703. The maximum absolute atomic E-state index is 12.8. The van der Waals surface area contributed by atoms with Gasteiger partial charge in [0.15, 0.2) is 0 Å². The van der Waals surface area contributed by atoms with Gasteiger partial charge >= 0.3 is 0 Å². The number of hydrogen-bond donors (Lipinski definition) is 0. The lowest BCUT2D eigenvalue weighted by molar-refractivity contribution is -0.135. The minimum absolute atomic E-state index is 0.0107. The van der Waals surface area contributed by atoms with Crippen molar-refractivity contribution in [2.45, 2.75) is 53.2 Å². The van der Waals surface area contributed by atoms with Crippen molar-refractivity contribution in [3.63, 3.8) is 0 Å². The first-order valence-corrected chi connectivity index (χ1v) is 9.51. The van der Waals surface area contributed by atoms with Gasteiger partial charge in [-0.15, -0.1) is 0 Å². The Bertz CT molecular complexity index is 756. The van der Waals surface area contributed by atoms with Gasteiger partial charge < -0.3 is 9.80 Å². The zero-order valence-electron chi connectivity index (χ0n) is 16.8. The largest absolute Gasteiger partial charge is 0.338 e. The third kappa shape index (κ3) is 6.55. The van der Waals surface area contributed by atoms with Gasteiger partial charge in [0, 0.05) is 39.0 Å². The number of rotatable bonds is 8. The van der Waals surface area contributed by atoms with Crippen molar-refractivity contribution in [1.29, 1.82) is 0 Å². The van der Waals surface area contributed by atoms with Crippen LogP contribution in [0.1, 0.15) is 43.9 Å². The van der Waals surface area contributed by atoms with Crippen molar-refractivity contribution >= 4 is 11.8 Å². The van der Waals surface area contributed by atoms with Gasteiger partial charge in [0.2, 0.25) is 11.8 Å². The van der Waals surface area contributed by atoms with Crippen molar-refractivity contribution < 1.29 is 9.59 Å². The Hall–Kier alpha value is -2.62. The van der Waals surface area contributed by atoms with E-state index in [0.29, 0.717) is 26.1 Å². The summed E-state index contributed by atoms with van der Waals surface area (Å²) in [4.78, 5) is 28.5. The molecule has 0 aliphatic carbocycles. The summed E-state index contributed by atoms with van der Waals surface area (Å²) in [5.41, 5.74) is 3.37. The van der Waals surface area contributed by atoms with Crippen LogP contribution in [-0.4, -0.2) is 34.2 Å². The lowest BCUT2D eigenvalue weighted by Gasteiger charge is -2.28. The molecule has 4 heteroatoms. The smallest absolute Gasteiger partial charge is 0.224 e. The van der Waals surface area contributed by atoms with Crippen LogP contribution in [0, 0.1) is 6.92 Å². The van der Waals surface area contributed by atoms with Crippen LogP contribution < -0.4 is 0 Å². The van der Waals surface area contributed by atoms with E-state index in [-0.39, 0.29) is 17.9 Å². The Morgan fingerprint density at radius 2 is 1.59 bits per heavy atom. The SMILES string of the molecule is CC(=O)N(CCC(=O)N(Cc1ccccc1)C(C)C)Cc1cccc(C)c1. The first-order chi connectivity index (χ1) is 12.9. The van der Waals surface area contributed by atoms with Gasteiger partial charge in [-0.2, -0.15) is 0 Å². The van der Waals surface area contributed by atoms with E-state index < -0.39 is 0 Å². The first-order valence-electron chi connectivity index (χ1n) is 9.51. The van der Waals surface area contributed by atoms with Gasteiger partial charge in [0.1, 0.15) is 0 Å². The van der Waals surface area contributed by atoms with Crippen LogP contribution >= 0.6 is 0 Å². The molecule has 0 bridgehead atoms. The van der Waals surface area contributed by atoms with E-state index in [1.54, 1.807) is 11.8 Å². The second kappa shape index (κ2) is 9.91. The third-order valence-electron chi connectivity index (χ3n) is 4.64. The highest BCUT2D eigenvalue weighted by atomic mass is 16.2. The molecule has 4 nitrogen and oxygen atoms in total. The minimum Gasteiger partial charge on any atom is -0.338 e. The van der Waals surface area contributed by atoms with E-state index >= 15 is 0 Å². The summed E-state index contributed by atoms with van der Waals surface area (Å²) < 4.78 is 0. The fraction of sp³-hybridized carbons (Fsp3) is 0.391. The number of carbonyl (C=O) groups excluding carboxylic acids is 2. The topological polar surface area (TPSA) is 40.6 Å². The fourth-order valence-corrected chi connectivity index (χ4v) is 3.09. The summed E-state index contributed by atoms with van der Waals surface area (Å²) in [6, 6.07) is 18.2. The summed E-state index contributed by atoms with van der Waals surface area (Å²) in [5.74, 6) is 0.0628. The summed E-state index contributed by atoms with van der Waals surface area (Å²) in [6.07, 6.45) is 0.330. The molecule has 0 aliphatic rings. The molecule has 27 heavy (non-hydrogen) atoms. The molecule has 0 spiro atoms. The Kier molecular flexibility index (Phi) is 7.59. The standard InChI is InChI=1S/C23H30N2O2/c1-18(2)25(17-21-10-6-5-7-11-21)23(27)13-14-24(20(4)26)16-22-12-8-9-19(3)15-22/h5-12,15,18H,13-14,16-17H2,1-4H3. The number of benzene rings is 2. The molecule has 2 rings (SSSR count). The second-order valence-electron chi connectivity index (χ2n) is 7.28. The Morgan fingerprint density at radius 1 is 0.926 bits per heavy atom. The van der Waals surface area contributed by atoms with Gasteiger partial charge in [0.05, 0.1) is 0 Å². The number of aryl methyl sites for hydroxylation is 1. The highest BCUT2D eigenvalue weighted by Crippen LogP contribution is 2.12. The van der Waals surface area contributed by atoms with E-state index in [1.807, 2.05) is 74.2 Å². The van der Waals surface area contributed by atoms with Gasteiger partial charge in [-0.05, 0) is 31.9 Å². The fourth-order valence-electron chi connectivity index (χ4n) is 3.09. The predicted molar refractivity (Wildman–Crippen MR) is 109 cm³/mol. The van der Waals surface area contributed by atoms with E-state index in [2.05, 4.69) is 6.07 Å². The predicted octanol–water partition coefficient (Wildman–Crippen LogP) is 4.17. The molecule has 0 fully saturated rings. The summed E-state index contributed by atoms with van der Waals surface area (Å²) >= 11 is 0. The molecule has 2 aromatic rings. The van der Waals surface area contributed by atoms with Gasteiger partial charge in [-0.1, -0.05) is 60.2 Å². The van der Waals surface area contributed by atoms with E-state index in [0.717, 1.165) is 11.1 Å². The van der Waals surface area contributed by atoms with Crippen molar-refractivity contribution in [2.75, 3.05) is 6.54 Å². The molecule has 0 saturated carbocycles. The summed E-state index contributed by atoms with van der Waals surface area (Å²) in [5, 5.41) is 0. The molecule has 0 unspecified atom stereocenters. The lowest BCUT2D eigenvalue weighted by atomic mass is 10.1. The van der Waals surface area contributed by atoms with Crippen molar-refractivity contribution in [2.24, 2.45) is 0 Å². The zero-order valence-corrected chi connectivity index (χ0v) is 16.8. The van der Waals surface area contributed by atoms with Gasteiger partial charge in [-0.25, -0.2) is 0 Å². The van der Waals surface area contributed by atoms with Crippen molar-refractivity contribution in [3.8, 4) is 0 Å².